The summed E-state index contributed by atoms with van der Waals surface area (Å²) >= 11 is 0.924. The molecule has 3 heterocycles. The summed E-state index contributed by atoms with van der Waals surface area (Å²) in [5.74, 6) is 0.190. The summed E-state index contributed by atoms with van der Waals surface area (Å²) < 4.78 is 41.5. The summed E-state index contributed by atoms with van der Waals surface area (Å²) in [6.45, 7) is 8.03. The van der Waals surface area contributed by atoms with Crippen LogP contribution in [-0.4, -0.2) is 113 Å². The molecule has 17 heteroatoms. The number of amidine groups is 1. The molecule has 1 saturated carbocycles. The van der Waals surface area contributed by atoms with E-state index in [1.54, 1.807) is 33.9 Å². The van der Waals surface area contributed by atoms with Gasteiger partial charge in [-0.2, -0.15) is 4.99 Å². The maximum atomic E-state index is 13.7. The summed E-state index contributed by atoms with van der Waals surface area (Å²) in [5.41, 5.74) is -1.91. The summed E-state index contributed by atoms with van der Waals surface area (Å²) in [6, 6.07) is 0. The van der Waals surface area contributed by atoms with Gasteiger partial charge >= 0.3 is 13.7 Å². The van der Waals surface area contributed by atoms with E-state index in [4.69, 9.17) is 33.7 Å². The Labute approximate surface area is 298 Å². The van der Waals surface area contributed by atoms with Crippen LogP contribution < -0.4 is 5.09 Å². The maximum absolute atomic E-state index is 13.7. The normalized spacial score (nSPS) is 32.2. The lowest BCUT2D eigenvalue weighted by molar-refractivity contribution is -0.142. The van der Waals surface area contributed by atoms with E-state index >= 15 is 0 Å². The van der Waals surface area contributed by atoms with Crippen molar-refractivity contribution in [3.8, 4) is 0 Å². The Kier molecular flexibility index (Phi) is 13.7. The van der Waals surface area contributed by atoms with Gasteiger partial charge in [-0.1, -0.05) is 24.3 Å². The number of carbonyl (C=O) groups excluding carboxylic acids is 2. The minimum absolute atomic E-state index is 0.0866. The monoisotopic (exact) mass is 744 g/mol. The van der Waals surface area contributed by atoms with Gasteiger partial charge in [0.05, 0.1) is 45.4 Å². The van der Waals surface area contributed by atoms with Gasteiger partial charge in [0.25, 0.3) is 0 Å². The predicted octanol–water partition coefficient (Wildman–Crippen LogP) is 3.41. The molecule has 0 radical (unpaired) electrons. The number of hydrogen-bond acceptors (Lipinski definition) is 14. The van der Waals surface area contributed by atoms with Crippen LogP contribution in [0.15, 0.2) is 21.8 Å². The summed E-state index contributed by atoms with van der Waals surface area (Å²) in [4.78, 5) is 33.3. The van der Waals surface area contributed by atoms with Gasteiger partial charge in [-0.3, -0.25) is 29.0 Å². The minimum atomic E-state index is -4.08. The molecule has 15 nitrogen and oxygen atoms in total. The third kappa shape index (κ3) is 8.95. The smallest absolute Gasteiger partial charge is 0.405 e. The van der Waals surface area contributed by atoms with Gasteiger partial charge in [-0.05, 0) is 59.3 Å². The molecule has 1 aliphatic carbocycles. The fourth-order valence-corrected chi connectivity index (χ4v) is 9.07. The van der Waals surface area contributed by atoms with Crippen molar-refractivity contribution < 1.29 is 52.7 Å². The van der Waals surface area contributed by atoms with Gasteiger partial charge < -0.3 is 29.5 Å². The third-order valence-electron chi connectivity index (χ3n) is 10.1. The molecule has 1 saturated heterocycles. The SMILES string of the molecule is CCOC(=O)CCNP(=O)(OCCSC(=O)C(C)(C)CO)OCC1OC2(C)C(CC3=CN=C4C(OC)=NC(=N)CCC(C)C4CC3)C2(O)C1O. The number of nitrogens with zero attached hydrogens (tertiary/aromatic N) is 2. The lowest BCUT2D eigenvalue weighted by Crippen LogP contribution is -2.40. The number of esters is 1. The first-order valence-electron chi connectivity index (χ1n) is 17.2. The molecule has 3 aliphatic heterocycles. The molecule has 2 fully saturated rings. The van der Waals surface area contributed by atoms with Crippen molar-refractivity contribution in [2.75, 3.05) is 45.8 Å². The van der Waals surface area contributed by atoms with E-state index in [1.165, 1.54) is 7.11 Å². The molecule has 4 aliphatic rings. The number of aliphatic hydroxyl groups excluding tert-OH is 2. The van der Waals surface area contributed by atoms with Crippen LogP contribution in [0.5, 0.6) is 0 Å². The molecule has 0 aromatic heterocycles. The van der Waals surface area contributed by atoms with Crippen molar-refractivity contribution in [3.05, 3.63) is 11.8 Å². The van der Waals surface area contributed by atoms with Gasteiger partial charge in [0.2, 0.25) is 5.90 Å². The van der Waals surface area contributed by atoms with Gasteiger partial charge in [0.15, 0.2) is 5.12 Å². The molecule has 8 unspecified atom stereocenters. The highest BCUT2D eigenvalue weighted by atomic mass is 32.2. The van der Waals surface area contributed by atoms with Crippen LogP contribution in [-0.2, 0) is 37.4 Å². The number of allylic oxidation sites excluding steroid dienone is 1. The Morgan fingerprint density at radius 3 is 2.64 bits per heavy atom. The number of methoxy groups -OCH3 is 1. The highest BCUT2D eigenvalue weighted by molar-refractivity contribution is 8.13. The Balaban J connectivity index is 1.38. The van der Waals surface area contributed by atoms with Crippen LogP contribution in [0.3, 0.4) is 0 Å². The van der Waals surface area contributed by atoms with Crippen molar-refractivity contribution in [1.29, 1.82) is 5.41 Å². The second-order valence-corrected chi connectivity index (χ2v) is 17.0. The molecule has 4 rings (SSSR count). The predicted molar refractivity (Wildman–Crippen MR) is 188 cm³/mol. The Bertz CT molecular complexity index is 1420. The maximum Gasteiger partial charge on any atom is 0.405 e. The highest BCUT2D eigenvalue weighted by Gasteiger charge is 2.83. The van der Waals surface area contributed by atoms with E-state index in [2.05, 4.69) is 17.0 Å². The first-order chi connectivity index (χ1) is 23.5. The average Bonchev–Trinajstić information content (AvgIpc) is 3.55. The zero-order valence-electron chi connectivity index (χ0n) is 29.8. The Hall–Kier alpha value is -2.01. The number of hydrogen-bond donors (Lipinski definition) is 5. The number of thioether (sulfide) groups is 1. The van der Waals surface area contributed by atoms with Crippen LogP contribution in [0.4, 0.5) is 0 Å². The van der Waals surface area contributed by atoms with Crippen LogP contribution in [0, 0.1) is 28.6 Å². The average molecular weight is 745 g/mol. The van der Waals surface area contributed by atoms with Crippen LogP contribution in [0.1, 0.15) is 73.1 Å². The standard InChI is InChI=1S/C33H53N4O11PS/c1-7-45-26(39)12-13-36-49(43,46-14-15-50-30(41)31(3,4)19-38)47-18-23-28(40)33(42)24(32(33,5)48-23)16-21-9-10-22-20(2)8-11-25(34)37-29(44-6)27(22)35-17-21/h17,20,22-24,28,34,38,40,42H,7-16,18-19H2,1-6H3,(H,36,43). The van der Waals surface area contributed by atoms with Crippen LogP contribution >= 0.6 is 19.5 Å². The number of rotatable bonds is 16. The number of ether oxygens (including phenoxy) is 3. The topological polar surface area (TPSA) is 219 Å². The largest absolute Gasteiger partial charge is 0.480 e. The van der Waals surface area contributed by atoms with Crippen molar-refractivity contribution in [1.82, 2.24) is 5.09 Å². The zero-order valence-corrected chi connectivity index (χ0v) is 31.5. The van der Waals surface area contributed by atoms with Crippen molar-refractivity contribution >= 4 is 48.0 Å². The molecule has 0 spiro atoms. The molecule has 0 bridgehead atoms. The molecule has 50 heavy (non-hydrogen) atoms. The Morgan fingerprint density at radius 2 is 2.00 bits per heavy atom. The van der Waals surface area contributed by atoms with Crippen molar-refractivity contribution in [3.63, 3.8) is 0 Å². The molecule has 8 atom stereocenters. The molecule has 0 aromatic rings. The third-order valence-corrected chi connectivity index (χ3v) is 12.9. The molecular weight excluding hydrogens is 691 g/mol. The molecule has 282 valence electrons. The van der Waals surface area contributed by atoms with Gasteiger partial charge in [0, 0.05) is 36.8 Å². The first-order valence-corrected chi connectivity index (χ1v) is 19.7. The lowest BCUT2D eigenvalue weighted by Gasteiger charge is -2.27. The molecular formula is C33H53N4O11PS. The summed E-state index contributed by atoms with van der Waals surface area (Å²) in [5, 5.41) is 42.9. The van der Waals surface area contributed by atoms with E-state index in [-0.39, 0.29) is 67.9 Å². The fraction of sp³-hybridized carbons (Fsp3) is 0.788. The van der Waals surface area contributed by atoms with E-state index in [0.717, 1.165) is 42.3 Å². The van der Waals surface area contributed by atoms with Gasteiger partial charge in [-0.15, -0.1) is 0 Å². The second-order valence-electron chi connectivity index (χ2n) is 14.1. The van der Waals surface area contributed by atoms with Crippen molar-refractivity contribution in [2.24, 2.45) is 33.2 Å². The molecule has 5 N–H and O–H groups in total. The second kappa shape index (κ2) is 16.8. The van der Waals surface area contributed by atoms with E-state index < -0.39 is 48.5 Å². The van der Waals surface area contributed by atoms with E-state index in [1.807, 2.05) is 0 Å². The van der Waals surface area contributed by atoms with Gasteiger partial charge in [-0.25, -0.2) is 9.65 Å². The number of nitrogens with one attached hydrogen (secondary N) is 2. The lowest BCUT2D eigenvalue weighted by atomic mass is 9.81. The molecule has 0 amide bonds. The quantitative estimate of drug-likeness (QED) is 0.0871. The number of aliphatic imine (C=N–C) groups is 2. The number of fused-ring (bicyclic) bond motifs is 2. The summed E-state index contributed by atoms with van der Waals surface area (Å²) in [7, 11) is -2.55. The van der Waals surface area contributed by atoms with E-state index in [0.29, 0.717) is 18.7 Å². The zero-order chi connectivity index (χ0) is 36.9. The van der Waals surface area contributed by atoms with Gasteiger partial charge in [0.1, 0.15) is 35.0 Å². The van der Waals surface area contributed by atoms with Crippen LogP contribution in [0.2, 0.25) is 0 Å². The number of carbonyl (C=O) groups is 2. The summed E-state index contributed by atoms with van der Waals surface area (Å²) in [6.07, 6.45) is 2.65. The van der Waals surface area contributed by atoms with Crippen molar-refractivity contribution in [2.45, 2.75) is 96.6 Å². The van der Waals surface area contributed by atoms with E-state index in [9.17, 15) is 29.5 Å². The minimum Gasteiger partial charge on any atom is -0.480 e. The highest BCUT2D eigenvalue weighted by Crippen LogP contribution is 2.67. The fourth-order valence-electron chi connectivity index (χ4n) is 6.82. The molecule has 0 aromatic carbocycles. The number of aliphatic hydroxyl groups is 3. The first kappa shape index (κ1) is 40.8. The van der Waals surface area contributed by atoms with Crippen LogP contribution in [0.25, 0.3) is 0 Å². The Morgan fingerprint density at radius 1 is 1.26 bits per heavy atom.